The first-order valence-corrected chi connectivity index (χ1v) is 5.49. The molecule has 0 bridgehead atoms. The minimum atomic E-state index is -0.385. The predicted molar refractivity (Wildman–Crippen MR) is 57.3 cm³/mol. The summed E-state index contributed by atoms with van der Waals surface area (Å²) < 4.78 is 18.1. The fourth-order valence-electron chi connectivity index (χ4n) is 1.45. The molecule has 1 aliphatic rings. The lowest BCUT2D eigenvalue weighted by Crippen LogP contribution is -2.15. The lowest BCUT2D eigenvalue weighted by atomic mass is 10.3. The van der Waals surface area contributed by atoms with E-state index < -0.39 is 0 Å². The Hall–Kier alpha value is -1.82. The van der Waals surface area contributed by atoms with Crippen LogP contribution in [0.25, 0.3) is 11.6 Å². The smallest absolute Gasteiger partial charge is 0.266 e. The van der Waals surface area contributed by atoms with Crippen molar-refractivity contribution in [2.45, 2.75) is 25.4 Å². The van der Waals surface area contributed by atoms with Gasteiger partial charge in [0.1, 0.15) is 11.5 Å². The number of aromatic nitrogens is 3. The van der Waals surface area contributed by atoms with E-state index in [1.54, 1.807) is 0 Å². The molecule has 2 aromatic heterocycles. The maximum Gasteiger partial charge on any atom is 0.266 e. The summed E-state index contributed by atoms with van der Waals surface area (Å²) in [6.07, 6.45) is 3.54. The minimum absolute atomic E-state index is 0.317. The molecule has 6 heteroatoms. The SMILES string of the molecule is Fc1ccc(-c2nnc(CNC3CC3)o2)nc1. The summed E-state index contributed by atoms with van der Waals surface area (Å²) in [5.41, 5.74) is 0.483. The van der Waals surface area contributed by atoms with E-state index in [4.69, 9.17) is 4.42 Å². The number of nitrogens with one attached hydrogen (secondary N) is 1. The molecule has 0 radical (unpaired) electrons. The number of rotatable bonds is 4. The van der Waals surface area contributed by atoms with Crippen molar-refractivity contribution in [2.75, 3.05) is 0 Å². The Morgan fingerprint density at radius 1 is 1.35 bits per heavy atom. The van der Waals surface area contributed by atoms with Crippen LogP contribution in [0.5, 0.6) is 0 Å². The molecule has 2 heterocycles. The van der Waals surface area contributed by atoms with Crippen LogP contribution >= 0.6 is 0 Å². The number of nitrogens with zero attached hydrogens (tertiary/aromatic N) is 3. The van der Waals surface area contributed by atoms with Gasteiger partial charge in [-0.15, -0.1) is 10.2 Å². The third-order valence-electron chi connectivity index (χ3n) is 2.53. The van der Waals surface area contributed by atoms with Crippen molar-refractivity contribution >= 4 is 0 Å². The van der Waals surface area contributed by atoms with Crippen LogP contribution in [0.3, 0.4) is 0 Å². The molecule has 0 saturated heterocycles. The van der Waals surface area contributed by atoms with Gasteiger partial charge in [-0.3, -0.25) is 0 Å². The van der Waals surface area contributed by atoms with Gasteiger partial charge in [-0.05, 0) is 25.0 Å². The van der Waals surface area contributed by atoms with E-state index in [0.29, 0.717) is 30.1 Å². The van der Waals surface area contributed by atoms with Crippen molar-refractivity contribution in [1.82, 2.24) is 20.5 Å². The molecule has 1 saturated carbocycles. The first-order chi connectivity index (χ1) is 8.31. The first kappa shape index (κ1) is 10.3. The molecule has 1 fully saturated rings. The van der Waals surface area contributed by atoms with Crippen LogP contribution in [-0.4, -0.2) is 21.2 Å². The van der Waals surface area contributed by atoms with E-state index in [9.17, 15) is 4.39 Å². The summed E-state index contributed by atoms with van der Waals surface area (Å²) in [7, 11) is 0. The van der Waals surface area contributed by atoms with Crippen LogP contribution in [0.1, 0.15) is 18.7 Å². The fourth-order valence-corrected chi connectivity index (χ4v) is 1.45. The van der Waals surface area contributed by atoms with E-state index in [0.717, 1.165) is 6.20 Å². The average molecular weight is 234 g/mol. The van der Waals surface area contributed by atoms with Crippen LogP contribution < -0.4 is 5.32 Å². The van der Waals surface area contributed by atoms with Crippen LogP contribution in [0.15, 0.2) is 22.7 Å². The van der Waals surface area contributed by atoms with Crippen molar-refractivity contribution in [3.05, 3.63) is 30.0 Å². The maximum absolute atomic E-state index is 12.7. The summed E-state index contributed by atoms with van der Waals surface area (Å²) in [5, 5.41) is 11.0. The van der Waals surface area contributed by atoms with Crippen molar-refractivity contribution in [1.29, 1.82) is 0 Å². The topological polar surface area (TPSA) is 63.8 Å². The average Bonchev–Trinajstić information content (AvgIpc) is 3.06. The second-order valence-corrected chi connectivity index (χ2v) is 4.02. The van der Waals surface area contributed by atoms with Gasteiger partial charge in [0.05, 0.1) is 12.7 Å². The van der Waals surface area contributed by atoms with Gasteiger partial charge in [0.2, 0.25) is 5.89 Å². The second kappa shape index (κ2) is 4.21. The lowest BCUT2D eigenvalue weighted by molar-refractivity contribution is 0.475. The molecule has 3 rings (SSSR count). The number of pyridine rings is 1. The lowest BCUT2D eigenvalue weighted by Gasteiger charge is -1.96. The molecule has 0 aliphatic heterocycles. The zero-order chi connectivity index (χ0) is 11.7. The number of hydrogen-bond donors (Lipinski definition) is 1. The molecular formula is C11H11FN4O. The van der Waals surface area contributed by atoms with Gasteiger partial charge < -0.3 is 9.73 Å². The molecule has 1 N–H and O–H groups in total. The van der Waals surface area contributed by atoms with Gasteiger partial charge in [-0.2, -0.15) is 0 Å². The molecule has 0 amide bonds. The Bertz CT molecular complexity index is 506. The Morgan fingerprint density at radius 2 is 2.24 bits per heavy atom. The van der Waals surface area contributed by atoms with E-state index in [1.165, 1.54) is 25.0 Å². The summed E-state index contributed by atoms with van der Waals surface area (Å²) in [5.74, 6) is 0.458. The van der Waals surface area contributed by atoms with Gasteiger partial charge in [-0.1, -0.05) is 0 Å². The summed E-state index contributed by atoms with van der Waals surface area (Å²) >= 11 is 0. The summed E-state index contributed by atoms with van der Waals surface area (Å²) in [4.78, 5) is 3.88. The molecule has 0 aromatic carbocycles. The highest BCUT2D eigenvalue weighted by molar-refractivity contribution is 5.45. The quantitative estimate of drug-likeness (QED) is 0.869. The first-order valence-electron chi connectivity index (χ1n) is 5.49. The third kappa shape index (κ3) is 2.47. The standard InChI is InChI=1S/C11H11FN4O/c12-7-1-4-9(14-5-7)11-16-15-10(17-11)6-13-8-2-3-8/h1,4-5,8,13H,2-3,6H2. The van der Waals surface area contributed by atoms with E-state index in [-0.39, 0.29) is 5.82 Å². The fraction of sp³-hybridized carbons (Fsp3) is 0.364. The van der Waals surface area contributed by atoms with E-state index >= 15 is 0 Å². The Balaban J connectivity index is 1.72. The van der Waals surface area contributed by atoms with Crippen LogP contribution in [0.2, 0.25) is 0 Å². The van der Waals surface area contributed by atoms with Crippen LogP contribution in [0.4, 0.5) is 4.39 Å². The normalized spacial score (nSPS) is 15.1. The van der Waals surface area contributed by atoms with Gasteiger partial charge >= 0.3 is 0 Å². The van der Waals surface area contributed by atoms with Crippen molar-refractivity contribution < 1.29 is 8.81 Å². The molecule has 2 aromatic rings. The molecule has 0 unspecified atom stereocenters. The summed E-state index contributed by atoms with van der Waals surface area (Å²) in [6.45, 7) is 0.568. The highest BCUT2D eigenvalue weighted by Gasteiger charge is 2.21. The van der Waals surface area contributed by atoms with Gasteiger partial charge in [0, 0.05) is 6.04 Å². The second-order valence-electron chi connectivity index (χ2n) is 4.02. The largest absolute Gasteiger partial charge is 0.418 e. The van der Waals surface area contributed by atoms with E-state index in [2.05, 4.69) is 20.5 Å². The maximum atomic E-state index is 12.7. The van der Waals surface area contributed by atoms with Crippen molar-refractivity contribution in [2.24, 2.45) is 0 Å². The molecule has 88 valence electrons. The Morgan fingerprint density at radius 3 is 2.94 bits per heavy atom. The zero-order valence-electron chi connectivity index (χ0n) is 9.06. The van der Waals surface area contributed by atoms with Gasteiger partial charge in [0.15, 0.2) is 0 Å². The van der Waals surface area contributed by atoms with Crippen LogP contribution in [-0.2, 0) is 6.54 Å². The minimum Gasteiger partial charge on any atom is -0.418 e. The summed E-state index contributed by atoms with van der Waals surface area (Å²) in [6, 6.07) is 3.42. The Labute approximate surface area is 97.1 Å². The van der Waals surface area contributed by atoms with Crippen molar-refractivity contribution in [3.63, 3.8) is 0 Å². The van der Waals surface area contributed by atoms with Crippen LogP contribution in [0, 0.1) is 5.82 Å². The molecule has 0 spiro atoms. The highest BCUT2D eigenvalue weighted by Crippen LogP contribution is 2.20. The molecule has 1 aliphatic carbocycles. The van der Waals surface area contributed by atoms with Gasteiger partial charge in [0.25, 0.3) is 5.89 Å². The Kier molecular flexibility index (Phi) is 2.56. The zero-order valence-corrected chi connectivity index (χ0v) is 9.06. The van der Waals surface area contributed by atoms with E-state index in [1.807, 2.05) is 0 Å². The van der Waals surface area contributed by atoms with Gasteiger partial charge in [-0.25, -0.2) is 9.37 Å². The third-order valence-corrected chi connectivity index (χ3v) is 2.53. The number of halogens is 1. The number of hydrogen-bond acceptors (Lipinski definition) is 5. The molecule has 5 nitrogen and oxygen atoms in total. The molecular weight excluding hydrogens is 223 g/mol. The van der Waals surface area contributed by atoms with Crippen molar-refractivity contribution in [3.8, 4) is 11.6 Å². The molecule has 17 heavy (non-hydrogen) atoms. The highest BCUT2D eigenvalue weighted by atomic mass is 19.1. The predicted octanol–water partition coefficient (Wildman–Crippen LogP) is 1.52. The molecule has 0 atom stereocenters. The monoisotopic (exact) mass is 234 g/mol.